The molecule has 0 saturated heterocycles. The highest BCUT2D eigenvalue weighted by molar-refractivity contribution is 6.34. The summed E-state index contributed by atoms with van der Waals surface area (Å²) in [6, 6.07) is 15.0. The molecule has 0 radical (unpaired) electrons. The van der Waals surface area contributed by atoms with Crippen molar-refractivity contribution in [2.75, 3.05) is 13.2 Å². The lowest BCUT2D eigenvalue weighted by molar-refractivity contribution is -0.123. The van der Waals surface area contributed by atoms with Crippen molar-refractivity contribution in [3.05, 3.63) is 64.1 Å². The molecular formula is C17H17Cl2NO2. The Morgan fingerprint density at radius 2 is 1.73 bits per heavy atom. The molecule has 0 aliphatic carbocycles. The average molecular weight is 338 g/mol. The van der Waals surface area contributed by atoms with Crippen molar-refractivity contribution in [2.24, 2.45) is 0 Å². The smallest absolute Gasteiger partial charge is 0.257 e. The molecule has 0 aliphatic rings. The summed E-state index contributed by atoms with van der Waals surface area (Å²) in [5.41, 5.74) is 1.27. The van der Waals surface area contributed by atoms with Gasteiger partial charge in [0.2, 0.25) is 0 Å². The SMILES string of the molecule is O=C(COc1cc(Cl)cc(Cl)c1)NCCCc1ccccc1. The highest BCUT2D eigenvalue weighted by Gasteiger charge is 2.04. The van der Waals surface area contributed by atoms with Gasteiger partial charge in [-0.3, -0.25) is 4.79 Å². The minimum Gasteiger partial charge on any atom is -0.484 e. The molecule has 2 aromatic carbocycles. The van der Waals surface area contributed by atoms with E-state index in [9.17, 15) is 4.79 Å². The maximum Gasteiger partial charge on any atom is 0.257 e. The van der Waals surface area contributed by atoms with Crippen molar-refractivity contribution in [3.8, 4) is 5.75 Å². The Morgan fingerprint density at radius 3 is 2.41 bits per heavy atom. The first-order chi connectivity index (χ1) is 10.6. The monoisotopic (exact) mass is 337 g/mol. The van der Waals surface area contributed by atoms with Crippen LogP contribution in [0.15, 0.2) is 48.5 Å². The molecule has 0 bridgehead atoms. The molecule has 0 aliphatic heterocycles. The van der Waals surface area contributed by atoms with Crippen LogP contribution in [-0.2, 0) is 11.2 Å². The largest absolute Gasteiger partial charge is 0.484 e. The fourth-order valence-corrected chi connectivity index (χ4v) is 2.48. The van der Waals surface area contributed by atoms with Gasteiger partial charge in [0.1, 0.15) is 5.75 Å². The highest BCUT2D eigenvalue weighted by atomic mass is 35.5. The number of hydrogen-bond donors (Lipinski definition) is 1. The van der Waals surface area contributed by atoms with Crippen LogP contribution in [-0.4, -0.2) is 19.1 Å². The summed E-state index contributed by atoms with van der Waals surface area (Å²) in [6.45, 7) is 0.565. The molecule has 0 aromatic heterocycles. The third-order valence-corrected chi connectivity index (χ3v) is 3.45. The third-order valence-electron chi connectivity index (χ3n) is 3.01. The van der Waals surface area contributed by atoms with Crippen LogP contribution in [0.2, 0.25) is 10.0 Å². The van der Waals surface area contributed by atoms with Gasteiger partial charge in [-0.1, -0.05) is 53.5 Å². The van der Waals surface area contributed by atoms with Gasteiger partial charge in [-0.05, 0) is 36.6 Å². The molecule has 5 heteroatoms. The van der Waals surface area contributed by atoms with E-state index < -0.39 is 0 Å². The van der Waals surface area contributed by atoms with Crippen LogP contribution in [0.3, 0.4) is 0 Å². The van der Waals surface area contributed by atoms with Gasteiger partial charge in [0.25, 0.3) is 5.91 Å². The second kappa shape index (κ2) is 8.66. The average Bonchev–Trinajstić information content (AvgIpc) is 2.50. The first-order valence-electron chi connectivity index (χ1n) is 7.03. The van der Waals surface area contributed by atoms with E-state index in [4.69, 9.17) is 27.9 Å². The Kier molecular flexibility index (Phi) is 6.56. The maximum atomic E-state index is 11.7. The molecule has 0 heterocycles. The second-order valence-corrected chi connectivity index (χ2v) is 5.71. The third kappa shape index (κ3) is 5.96. The van der Waals surface area contributed by atoms with Gasteiger partial charge in [-0.2, -0.15) is 0 Å². The predicted octanol–water partition coefficient (Wildman–Crippen LogP) is 4.12. The number of nitrogens with one attached hydrogen (secondary N) is 1. The number of aryl methyl sites for hydroxylation is 1. The molecule has 0 saturated carbocycles. The lowest BCUT2D eigenvalue weighted by atomic mass is 10.1. The fraction of sp³-hybridized carbons (Fsp3) is 0.235. The standard InChI is InChI=1S/C17H17Cl2NO2/c18-14-9-15(19)11-16(10-14)22-12-17(21)20-8-4-7-13-5-2-1-3-6-13/h1-3,5-6,9-11H,4,7-8,12H2,(H,20,21). The normalized spacial score (nSPS) is 10.3. The van der Waals surface area contributed by atoms with Gasteiger partial charge >= 0.3 is 0 Å². The van der Waals surface area contributed by atoms with Gasteiger partial charge in [0, 0.05) is 16.6 Å². The number of benzene rings is 2. The van der Waals surface area contributed by atoms with Crippen LogP contribution in [0.25, 0.3) is 0 Å². The van der Waals surface area contributed by atoms with E-state index in [-0.39, 0.29) is 12.5 Å². The van der Waals surface area contributed by atoms with Crippen molar-refractivity contribution in [3.63, 3.8) is 0 Å². The van der Waals surface area contributed by atoms with Gasteiger partial charge < -0.3 is 10.1 Å². The molecular weight excluding hydrogens is 321 g/mol. The molecule has 1 N–H and O–H groups in total. The highest BCUT2D eigenvalue weighted by Crippen LogP contribution is 2.23. The summed E-state index contributed by atoms with van der Waals surface area (Å²) >= 11 is 11.7. The quantitative estimate of drug-likeness (QED) is 0.771. The van der Waals surface area contributed by atoms with E-state index in [2.05, 4.69) is 17.4 Å². The Balaban J connectivity index is 1.65. The van der Waals surface area contributed by atoms with E-state index >= 15 is 0 Å². The van der Waals surface area contributed by atoms with Crippen LogP contribution in [0.1, 0.15) is 12.0 Å². The van der Waals surface area contributed by atoms with Crippen molar-refractivity contribution < 1.29 is 9.53 Å². The van der Waals surface area contributed by atoms with Crippen LogP contribution in [0.5, 0.6) is 5.75 Å². The summed E-state index contributed by atoms with van der Waals surface area (Å²) in [5, 5.41) is 3.78. The molecule has 0 atom stereocenters. The van der Waals surface area contributed by atoms with E-state index in [1.807, 2.05) is 18.2 Å². The number of ether oxygens (including phenoxy) is 1. The van der Waals surface area contributed by atoms with Crippen LogP contribution in [0.4, 0.5) is 0 Å². The zero-order valence-corrected chi connectivity index (χ0v) is 13.5. The van der Waals surface area contributed by atoms with E-state index in [1.165, 1.54) is 5.56 Å². The van der Waals surface area contributed by atoms with Gasteiger partial charge in [-0.25, -0.2) is 0 Å². The zero-order valence-electron chi connectivity index (χ0n) is 12.0. The van der Waals surface area contributed by atoms with E-state index in [0.29, 0.717) is 22.3 Å². The van der Waals surface area contributed by atoms with E-state index in [1.54, 1.807) is 18.2 Å². The predicted molar refractivity (Wildman–Crippen MR) is 89.7 cm³/mol. The molecule has 116 valence electrons. The summed E-state index contributed by atoms with van der Waals surface area (Å²) in [5.74, 6) is 0.320. The number of hydrogen-bond acceptors (Lipinski definition) is 2. The Labute approximate surface area is 140 Å². The molecule has 22 heavy (non-hydrogen) atoms. The Bertz CT molecular complexity index is 597. The minimum atomic E-state index is -0.163. The van der Waals surface area contributed by atoms with Crippen LogP contribution in [0, 0.1) is 0 Å². The van der Waals surface area contributed by atoms with Crippen molar-refractivity contribution >= 4 is 29.1 Å². The zero-order chi connectivity index (χ0) is 15.8. The summed E-state index contributed by atoms with van der Waals surface area (Å²) in [4.78, 5) is 11.7. The van der Waals surface area contributed by atoms with Gasteiger partial charge in [-0.15, -0.1) is 0 Å². The van der Waals surface area contributed by atoms with Gasteiger partial charge in [0.05, 0.1) is 0 Å². The van der Waals surface area contributed by atoms with Crippen LogP contribution >= 0.6 is 23.2 Å². The van der Waals surface area contributed by atoms with Crippen LogP contribution < -0.4 is 10.1 Å². The van der Waals surface area contributed by atoms with E-state index in [0.717, 1.165) is 12.8 Å². The molecule has 2 aromatic rings. The Hall–Kier alpha value is -1.71. The molecule has 0 spiro atoms. The lowest BCUT2D eigenvalue weighted by Gasteiger charge is -2.08. The number of amides is 1. The molecule has 3 nitrogen and oxygen atoms in total. The molecule has 0 fully saturated rings. The lowest BCUT2D eigenvalue weighted by Crippen LogP contribution is -2.29. The summed E-state index contributed by atoms with van der Waals surface area (Å²) < 4.78 is 5.36. The first-order valence-corrected chi connectivity index (χ1v) is 7.78. The Morgan fingerprint density at radius 1 is 1.05 bits per heavy atom. The number of rotatable bonds is 7. The molecule has 1 amide bonds. The summed E-state index contributed by atoms with van der Waals surface area (Å²) in [6.07, 6.45) is 1.82. The number of carbonyl (C=O) groups is 1. The molecule has 2 rings (SSSR count). The van der Waals surface area contributed by atoms with Crippen molar-refractivity contribution in [1.82, 2.24) is 5.32 Å². The topological polar surface area (TPSA) is 38.3 Å². The minimum absolute atomic E-state index is 0.0536. The first kappa shape index (κ1) is 16.7. The summed E-state index contributed by atoms with van der Waals surface area (Å²) in [7, 11) is 0. The number of carbonyl (C=O) groups excluding carboxylic acids is 1. The van der Waals surface area contributed by atoms with Crippen molar-refractivity contribution in [2.45, 2.75) is 12.8 Å². The van der Waals surface area contributed by atoms with Crippen molar-refractivity contribution in [1.29, 1.82) is 0 Å². The molecule has 0 unspecified atom stereocenters. The van der Waals surface area contributed by atoms with Gasteiger partial charge in [0.15, 0.2) is 6.61 Å². The second-order valence-electron chi connectivity index (χ2n) is 4.83. The number of halogens is 2. The fourth-order valence-electron chi connectivity index (χ4n) is 1.98. The maximum absolute atomic E-state index is 11.7.